The summed E-state index contributed by atoms with van der Waals surface area (Å²) in [7, 11) is 0. The third-order valence-corrected chi connectivity index (χ3v) is 1.88. The lowest BCUT2D eigenvalue weighted by Gasteiger charge is -2.10. The van der Waals surface area contributed by atoms with Crippen LogP contribution in [0.2, 0.25) is 0 Å². The number of hydrogen-bond donors (Lipinski definition) is 1. The van der Waals surface area contributed by atoms with Crippen LogP contribution in [0.25, 0.3) is 0 Å². The number of benzene rings is 1. The van der Waals surface area contributed by atoms with Crippen LogP contribution in [0.1, 0.15) is 17.2 Å². The standard InChI is InChI=1S/C9H11F2N.ClH/c1-6-7(9(12)5-10)3-2-4-8(6)11;/h2-4,9H,5,12H2,1H3;1H/t9-;/m0./s1. The van der Waals surface area contributed by atoms with Crippen LogP contribution in [0.5, 0.6) is 0 Å². The Balaban J connectivity index is 0.00000144. The smallest absolute Gasteiger partial charge is 0.126 e. The molecule has 1 aromatic rings. The maximum Gasteiger partial charge on any atom is 0.126 e. The van der Waals surface area contributed by atoms with E-state index in [-0.39, 0.29) is 18.2 Å². The second-order valence-electron chi connectivity index (χ2n) is 2.71. The summed E-state index contributed by atoms with van der Waals surface area (Å²) in [5, 5.41) is 0. The zero-order chi connectivity index (χ0) is 9.14. The predicted octanol–water partition coefficient (Wildman–Crippen LogP) is 2.53. The highest BCUT2D eigenvalue weighted by molar-refractivity contribution is 5.85. The molecule has 4 heteroatoms. The van der Waals surface area contributed by atoms with Gasteiger partial charge < -0.3 is 5.73 Å². The highest BCUT2D eigenvalue weighted by Crippen LogP contribution is 2.18. The van der Waals surface area contributed by atoms with Crippen molar-refractivity contribution in [2.24, 2.45) is 5.73 Å². The minimum Gasteiger partial charge on any atom is -0.322 e. The van der Waals surface area contributed by atoms with E-state index in [2.05, 4.69) is 0 Å². The van der Waals surface area contributed by atoms with Gasteiger partial charge in [-0.15, -0.1) is 12.4 Å². The molecule has 0 fully saturated rings. The summed E-state index contributed by atoms with van der Waals surface area (Å²) < 4.78 is 25.0. The Labute approximate surface area is 82.4 Å². The molecule has 0 saturated heterocycles. The molecule has 13 heavy (non-hydrogen) atoms. The van der Waals surface area contributed by atoms with E-state index < -0.39 is 12.7 Å². The predicted molar refractivity (Wildman–Crippen MR) is 51.3 cm³/mol. The molecule has 0 heterocycles. The fourth-order valence-electron chi connectivity index (χ4n) is 1.11. The van der Waals surface area contributed by atoms with E-state index in [1.54, 1.807) is 13.0 Å². The van der Waals surface area contributed by atoms with Gasteiger partial charge in [0.25, 0.3) is 0 Å². The Hall–Kier alpha value is -0.670. The van der Waals surface area contributed by atoms with Crippen molar-refractivity contribution in [2.45, 2.75) is 13.0 Å². The van der Waals surface area contributed by atoms with Crippen LogP contribution in [0.3, 0.4) is 0 Å². The first-order valence-electron chi connectivity index (χ1n) is 3.73. The number of nitrogens with two attached hydrogens (primary N) is 1. The average Bonchev–Trinajstić information content (AvgIpc) is 2.08. The summed E-state index contributed by atoms with van der Waals surface area (Å²) in [5.41, 5.74) is 6.39. The zero-order valence-electron chi connectivity index (χ0n) is 7.26. The van der Waals surface area contributed by atoms with E-state index in [1.165, 1.54) is 12.1 Å². The lowest BCUT2D eigenvalue weighted by molar-refractivity contribution is 0.434. The SMILES string of the molecule is Cc1c(F)cccc1[C@@H](N)CF.Cl. The highest BCUT2D eigenvalue weighted by Gasteiger charge is 2.10. The van der Waals surface area contributed by atoms with E-state index in [1.807, 2.05) is 0 Å². The normalized spacial score (nSPS) is 12.0. The first-order valence-corrected chi connectivity index (χ1v) is 3.73. The maximum absolute atomic E-state index is 12.9. The second-order valence-corrected chi connectivity index (χ2v) is 2.71. The van der Waals surface area contributed by atoms with E-state index in [0.717, 1.165) is 0 Å². The van der Waals surface area contributed by atoms with Gasteiger partial charge in [-0.05, 0) is 24.1 Å². The van der Waals surface area contributed by atoms with Crippen molar-refractivity contribution in [1.82, 2.24) is 0 Å². The molecule has 1 atom stereocenters. The number of alkyl halides is 1. The van der Waals surface area contributed by atoms with Crippen LogP contribution in [-0.2, 0) is 0 Å². The highest BCUT2D eigenvalue weighted by atomic mass is 35.5. The van der Waals surface area contributed by atoms with Gasteiger partial charge in [0.1, 0.15) is 12.5 Å². The second kappa shape index (κ2) is 5.14. The lowest BCUT2D eigenvalue weighted by Crippen LogP contribution is -2.14. The summed E-state index contributed by atoms with van der Waals surface area (Å²) in [4.78, 5) is 0. The molecule has 0 bridgehead atoms. The molecule has 74 valence electrons. The molecule has 0 radical (unpaired) electrons. The van der Waals surface area contributed by atoms with Gasteiger partial charge in [0.05, 0.1) is 6.04 Å². The molecule has 0 spiro atoms. The lowest BCUT2D eigenvalue weighted by atomic mass is 10.0. The van der Waals surface area contributed by atoms with Crippen molar-refractivity contribution < 1.29 is 8.78 Å². The van der Waals surface area contributed by atoms with Crippen molar-refractivity contribution in [2.75, 3.05) is 6.67 Å². The number of hydrogen-bond acceptors (Lipinski definition) is 1. The Bertz CT molecular complexity index is 278. The van der Waals surface area contributed by atoms with Gasteiger partial charge in [-0.25, -0.2) is 8.78 Å². The molecule has 0 saturated carbocycles. The van der Waals surface area contributed by atoms with Crippen molar-refractivity contribution in [1.29, 1.82) is 0 Å². The molecule has 1 nitrogen and oxygen atoms in total. The van der Waals surface area contributed by atoms with Crippen molar-refractivity contribution in [3.63, 3.8) is 0 Å². The van der Waals surface area contributed by atoms with Crippen LogP contribution in [-0.4, -0.2) is 6.67 Å². The Morgan fingerprint density at radius 2 is 2.08 bits per heavy atom. The molecule has 0 aliphatic heterocycles. The summed E-state index contributed by atoms with van der Waals surface area (Å²) in [6.07, 6.45) is 0. The topological polar surface area (TPSA) is 26.0 Å². The zero-order valence-corrected chi connectivity index (χ0v) is 8.07. The van der Waals surface area contributed by atoms with Gasteiger partial charge >= 0.3 is 0 Å². The minimum absolute atomic E-state index is 0. The fourth-order valence-corrected chi connectivity index (χ4v) is 1.11. The van der Waals surface area contributed by atoms with Crippen LogP contribution >= 0.6 is 12.4 Å². The van der Waals surface area contributed by atoms with Gasteiger partial charge in [0.15, 0.2) is 0 Å². The maximum atomic E-state index is 12.9. The van der Waals surface area contributed by atoms with Gasteiger partial charge in [0.2, 0.25) is 0 Å². The molecule has 1 aromatic carbocycles. The number of rotatable bonds is 2. The quantitative estimate of drug-likeness (QED) is 0.793. The van der Waals surface area contributed by atoms with Gasteiger partial charge in [-0.1, -0.05) is 12.1 Å². The molecular weight excluding hydrogens is 196 g/mol. The first kappa shape index (κ1) is 12.3. The summed E-state index contributed by atoms with van der Waals surface area (Å²) in [5.74, 6) is -0.337. The Morgan fingerprint density at radius 3 is 2.62 bits per heavy atom. The Kier molecular flexibility index (Phi) is 4.88. The molecule has 0 aromatic heterocycles. The van der Waals surface area contributed by atoms with Crippen molar-refractivity contribution in [3.05, 3.63) is 35.1 Å². The van der Waals surface area contributed by atoms with Gasteiger partial charge in [0, 0.05) is 0 Å². The first-order chi connectivity index (χ1) is 5.66. The molecule has 1 rings (SSSR count). The van der Waals surface area contributed by atoms with Gasteiger partial charge in [-0.2, -0.15) is 0 Å². The summed E-state index contributed by atoms with van der Waals surface area (Å²) in [6, 6.07) is 3.81. The molecule has 0 amide bonds. The average molecular weight is 208 g/mol. The van der Waals surface area contributed by atoms with Crippen LogP contribution in [0.4, 0.5) is 8.78 Å². The molecule has 2 N–H and O–H groups in total. The molecular formula is C9H12ClF2N. The molecule has 0 aliphatic carbocycles. The Morgan fingerprint density at radius 1 is 1.46 bits per heavy atom. The van der Waals surface area contributed by atoms with Crippen LogP contribution in [0.15, 0.2) is 18.2 Å². The minimum atomic E-state index is -0.708. The van der Waals surface area contributed by atoms with Crippen LogP contribution < -0.4 is 5.73 Å². The monoisotopic (exact) mass is 207 g/mol. The molecule has 0 unspecified atom stereocenters. The summed E-state index contributed by atoms with van der Waals surface area (Å²) >= 11 is 0. The van der Waals surface area contributed by atoms with E-state index in [9.17, 15) is 8.78 Å². The largest absolute Gasteiger partial charge is 0.322 e. The van der Waals surface area contributed by atoms with Crippen molar-refractivity contribution in [3.8, 4) is 0 Å². The van der Waals surface area contributed by atoms with E-state index >= 15 is 0 Å². The van der Waals surface area contributed by atoms with Crippen molar-refractivity contribution >= 4 is 12.4 Å². The third kappa shape index (κ3) is 2.64. The van der Waals surface area contributed by atoms with E-state index in [4.69, 9.17) is 5.73 Å². The summed E-state index contributed by atoms with van der Waals surface area (Å²) in [6.45, 7) is 0.935. The van der Waals surface area contributed by atoms with E-state index in [0.29, 0.717) is 11.1 Å². The fraction of sp³-hybridized carbons (Fsp3) is 0.333. The molecule has 0 aliphatic rings. The third-order valence-electron chi connectivity index (χ3n) is 1.88. The number of halogens is 3. The van der Waals surface area contributed by atoms with Gasteiger partial charge in [-0.3, -0.25) is 0 Å². The van der Waals surface area contributed by atoms with Crippen LogP contribution in [0, 0.1) is 12.7 Å².